The van der Waals surface area contributed by atoms with Crippen LogP contribution in [0, 0.1) is 0 Å². The number of benzene rings is 1. The van der Waals surface area contributed by atoms with Crippen molar-refractivity contribution in [1.82, 2.24) is 0 Å². The summed E-state index contributed by atoms with van der Waals surface area (Å²) in [6.45, 7) is -0.789. The van der Waals surface area contributed by atoms with Crippen LogP contribution in [0.3, 0.4) is 0 Å². The van der Waals surface area contributed by atoms with Crippen LogP contribution in [0.25, 0.3) is 0 Å². The molecule has 0 saturated carbocycles. The summed E-state index contributed by atoms with van der Waals surface area (Å²) in [4.78, 5) is 12.9. The van der Waals surface area contributed by atoms with Crippen molar-refractivity contribution in [3.8, 4) is 0 Å². The Morgan fingerprint density at radius 3 is 2.47 bits per heavy atom. The first-order valence-corrected chi connectivity index (χ1v) is 5.90. The minimum absolute atomic E-state index is 0.250. The number of carbonyl (C=O) groups is 1. The molecule has 0 spiro atoms. The minimum atomic E-state index is -2.09. The van der Waals surface area contributed by atoms with E-state index in [0.717, 1.165) is 16.7 Å². The van der Waals surface area contributed by atoms with Gasteiger partial charge >= 0.3 is 0 Å². The molecular formula is C12H12O4S. The van der Waals surface area contributed by atoms with Crippen LogP contribution in [0.15, 0.2) is 46.2 Å². The summed E-state index contributed by atoms with van der Waals surface area (Å²) in [7, 11) is 0. The van der Waals surface area contributed by atoms with Gasteiger partial charge < -0.3 is 15.3 Å². The van der Waals surface area contributed by atoms with Crippen LogP contribution in [0.4, 0.5) is 0 Å². The SMILES string of the molecule is O=C1C(Sc2ccccc2)=C[C@@H](O)[C@]1(O)CO. The lowest BCUT2D eigenvalue weighted by Crippen LogP contribution is -2.48. The Labute approximate surface area is 103 Å². The highest BCUT2D eigenvalue weighted by Gasteiger charge is 2.48. The summed E-state index contributed by atoms with van der Waals surface area (Å²) >= 11 is 1.16. The average Bonchev–Trinajstić information content (AvgIpc) is 2.56. The van der Waals surface area contributed by atoms with E-state index in [4.69, 9.17) is 5.11 Å². The molecule has 17 heavy (non-hydrogen) atoms. The van der Waals surface area contributed by atoms with E-state index in [-0.39, 0.29) is 4.91 Å². The molecule has 2 atom stereocenters. The number of hydrogen-bond acceptors (Lipinski definition) is 5. The van der Waals surface area contributed by atoms with E-state index in [1.165, 1.54) is 6.08 Å². The molecule has 4 nitrogen and oxygen atoms in total. The van der Waals surface area contributed by atoms with E-state index in [2.05, 4.69) is 0 Å². The van der Waals surface area contributed by atoms with Gasteiger partial charge in [-0.1, -0.05) is 30.0 Å². The molecule has 2 rings (SSSR count). The summed E-state index contributed by atoms with van der Waals surface area (Å²) in [5.74, 6) is -0.638. The maximum absolute atomic E-state index is 11.8. The van der Waals surface area contributed by atoms with Gasteiger partial charge in [-0.05, 0) is 18.2 Å². The second kappa shape index (κ2) is 4.62. The van der Waals surface area contributed by atoms with Crippen LogP contribution in [-0.4, -0.2) is 39.4 Å². The van der Waals surface area contributed by atoms with E-state index in [1.54, 1.807) is 0 Å². The van der Waals surface area contributed by atoms with Gasteiger partial charge in [-0.15, -0.1) is 0 Å². The van der Waals surface area contributed by atoms with Crippen LogP contribution in [-0.2, 0) is 4.79 Å². The smallest absolute Gasteiger partial charge is 0.206 e. The molecule has 0 unspecified atom stereocenters. The Balaban J connectivity index is 2.20. The Kier molecular flexibility index (Phi) is 3.35. The minimum Gasteiger partial charge on any atom is -0.393 e. The predicted molar refractivity (Wildman–Crippen MR) is 63.4 cm³/mol. The van der Waals surface area contributed by atoms with E-state index in [9.17, 15) is 15.0 Å². The fourth-order valence-corrected chi connectivity index (χ4v) is 2.58. The van der Waals surface area contributed by atoms with E-state index in [0.29, 0.717) is 0 Å². The summed E-state index contributed by atoms with van der Waals surface area (Å²) in [6, 6.07) is 9.16. The third-order valence-corrected chi connectivity index (χ3v) is 3.68. The van der Waals surface area contributed by atoms with E-state index >= 15 is 0 Å². The van der Waals surface area contributed by atoms with Crippen LogP contribution in [0.1, 0.15) is 0 Å². The number of aliphatic hydroxyl groups excluding tert-OH is 2. The molecule has 1 aliphatic rings. The van der Waals surface area contributed by atoms with Crippen molar-refractivity contribution < 1.29 is 20.1 Å². The fourth-order valence-electron chi connectivity index (χ4n) is 1.57. The molecule has 90 valence electrons. The lowest BCUT2D eigenvalue weighted by molar-refractivity contribution is -0.144. The van der Waals surface area contributed by atoms with Crippen LogP contribution in [0.2, 0.25) is 0 Å². The van der Waals surface area contributed by atoms with Crippen molar-refractivity contribution >= 4 is 17.5 Å². The normalized spacial score (nSPS) is 28.3. The zero-order valence-electron chi connectivity index (χ0n) is 8.91. The number of rotatable bonds is 3. The standard InChI is InChI=1S/C12H12O4S/c13-7-12(16)10(14)6-9(11(12)15)17-8-4-2-1-3-5-8/h1-6,10,13-14,16H,7H2/t10-,12-/m1/s1. The number of aliphatic hydroxyl groups is 3. The van der Waals surface area contributed by atoms with Gasteiger partial charge in [0.25, 0.3) is 0 Å². The summed E-state index contributed by atoms with van der Waals surface area (Å²) < 4.78 is 0. The number of carbonyl (C=O) groups excluding carboxylic acids is 1. The van der Waals surface area contributed by atoms with Gasteiger partial charge in [-0.25, -0.2) is 0 Å². The number of ketones is 1. The van der Waals surface area contributed by atoms with Crippen molar-refractivity contribution in [2.75, 3.05) is 6.61 Å². The first kappa shape index (κ1) is 12.3. The highest BCUT2D eigenvalue weighted by molar-refractivity contribution is 8.04. The predicted octanol–water partition coefficient (Wildman–Crippen LogP) is 0.330. The van der Waals surface area contributed by atoms with Crippen molar-refractivity contribution in [2.45, 2.75) is 16.6 Å². The number of hydrogen-bond donors (Lipinski definition) is 3. The summed E-state index contributed by atoms with van der Waals surface area (Å²) in [5, 5.41) is 28.3. The maximum atomic E-state index is 11.8. The van der Waals surface area contributed by atoms with Crippen molar-refractivity contribution in [1.29, 1.82) is 0 Å². The fraction of sp³-hybridized carbons (Fsp3) is 0.250. The molecule has 3 N–H and O–H groups in total. The van der Waals surface area contributed by atoms with Crippen molar-refractivity contribution in [3.63, 3.8) is 0 Å². The highest BCUT2D eigenvalue weighted by Crippen LogP contribution is 2.36. The highest BCUT2D eigenvalue weighted by atomic mass is 32.2. The van der Waals surface area contributed by atoms with Gasteiger partial charge in [0.05, 0.1) is 11.5 Å². The molecule has 1 aromatic rings. The van der Waals surface area contributed by atoms with Crippen LogP contribution in [0.5, 0.6) is 0 Å². The van der Waals surface area contributed by atoms with Gasteiger partial charge in [-0.3, -0.25) is 4.79 Å². The van der Waals surface area contributed by atoms with Crippen LogP contribution >= 0.6 is 11.8 Å². The molecule has 0 aromatic heterocycles. The third-order valence-electron chi connectivity index (χ3n) is 2.63. The van der Waals surface area contributed by atoms with E-state index < -0.39 is 24.1 Å². The Morgan fingerprint density at radius 2 is 1.94 bits per heavy atom. The molecular weight excluding hydrogens is 240 g/mol. The second-order valence-electron chi connectivity index (χ2n) is 3.80. The maximum Gasteiger partial charge on any atom is 0.206 e. The molecule has 0 aliphatic heterocycles. The Morgan fingerprint density at radius 1 is 1.29 bits per heavy atom. The first-order valence-electron chi connectivity index (χ1n) is 5.09. The molecule has 1 aliphatic carbocycles. The molecule has 0 radical (unpaired) electrons. The van der Waals surface area contributed by atoms with Crippen molar-refractivity contribution in [3.05, 3.63) is 41.3 Å². The largest absolute Gasteiger partial charge is 0.393 e. The molecule has 0 bridgehead atoms. The van der Waals surface area contributed by atoms with Crippen LogP contribution < -0.4 is 0 Å². The average molecular weight is 252 g/mol. The van der Waals surface area contributed by atoms with Gasteiger partial charge in [0.2, 0.25) is 5.78 Å². The quantitative estimate of drug-likeness (QED) is 0.722. The Bertz CT molecular complexity index is 457. The number of Topliss-reactive ketones (excluding diaryl/α,β-unsaturated/α-hetero) is 1. The topological polar surface area (TPSA) is 77.8 Å². The number of thioether (sulfide) groups is 1. The summed E-state index contributed by atoms with van der Waals surface area (Å²) in [6.07, 6.45) is -0.0813. The Hall–Kier alpha value is -1.14. The third kappa shape index (κ3) is 2.14. The van der Waals surface area contributed by atoms with Gasteiger partial charge in [0.15, 0.2) is 5.60 Å². The molecule has 0 fully saturated rings. The lowest BCUT2D eigenvalue weighted by atomic mass is 9.99. The van der Waals surface area contributed by atoms with Gasteiger partial charge in [-0.2, -0.15) is 0 Å². The zero-order valence-corrected chi connectivity index (χ0v) is 9.72. The monoisotopic (exact) mass is 252 g/mol. The molecule has 0 heterocycles. The zero-order chi connectivity index (χ0) is 12.5. The van der Waals surface area contributed by atoms with Gasteiger partial charge in [0, 0.05) is 4.90 Å². The molecule has 0 saturated heterocycles. The summed E-state index contributed by atoms with van der Waals surface area (Å²) in [5.41, 5.74) is -2.09. The molecule has 5 heteroatoms. The lowest BCUT2D eigenvalue weighted by Gasteiger charge is -2.21. The second-order valence-corrected chi connectivity index (χ2v) is 4.92. The first-order chi connectivity index (χ1) is 8.08. The molecule has 1 aromatic carbocycles. The van der Waals surface area contributed by atoms with E-state index in [1.807, 2.05) is 30.3 Å². The molecule has 0 amide bonds. The van der Waals surface area contributed by atoms with Gasteiger partial charge in [0.1, 0.15) is 6.10 Å². The van der Waals surface area contributed by atoms with Crippen molar-refractivity contribution in [2.24, 2.45) is 0 Å².